The predicted octanol–water partition coefficient (Wildman–Crippen LogP) is 2.59. The van der Waals surface area contributed by atoms with E-state index in [9.17, 15) is 14.4 Å². The van der Waals surface area contributed by atoms with E-state index in [0.29, 0.717) is 16.3 Å². The molecule has 1 saturated heterocycles. The van der Waals surface area contributed by atoms with Crippen LogP contribution in [0.15, 0.2) is 90.1 Å². The van der Waals surface area contributed by atoms with Crippen LogP contribution in [-0.4, -0.2) is 48.8 Å². The van der Waals surface area contributed by atoms with Crippen LogP contribution in [0.3, 0.4) is 0 Å². The Morgan fingerprint density at radius 1 is 0.944 bits per heavy atom. The highest BCUT2D eigenvalue weighted by Crippen LogP contribution is 2.35. The van der Waals surface area contributed by atoms with Crippen molar-refractivity contribution in [1.29, 1.82) is 0 Å². The van der Waals surface area contributed by atoms with Crippen LogP contribution < -0.4 is 10.7 Å². The van der Waals surface area contributed by atoms with Gasteiger partial charge in [-0.25, -0.2) is 4.79 Å². The van der Waals surface area contributed by atoms with Gasteiger partial charge >= 0.3 is 6.03 Å². The summed E-state index contributed by atoms with van der Waals surface area (Å²) < 4.78 is 1.54. The first-order valence-corrected chi connectivity index (χ1v) is 12.0. The molecule has 11 heteroatoms. The number of rotatable bonds is 7. The van der Waals surface area contributed by atoms with E-state index in [-0.39, 0.29) is 5.75 Å². The topological polar surface area (TPSA) is 122 Å². The van der Waals surface area contributed by atoms with E-state index in [2.05, 4.69) is 26.3 Å². The fourth-order valence-electron chi connectivity index (χ4n) is 4.07. The Morgan fingerprint density at radius 2 is 1.56 bits per heavy atom. The summed E-state index contributed by atoms with van der Waals surface area (Å²) >= 11 is 1.09. The number of nitrogens with one attached hydrogen (secondary N) is 2. The van der Waals surface area contributed by atoms with Gasteiger partial charge in [0, 0.05) is 0 Å². The lowest BCUT2D eigenvalue weighted by Gasteiger charge is -2.27. The summed E-state index contributed by atoms with van der Waals surface area (Å²) in [7, 11) is 0. The van der Waals surface area contributed by atoms with Crippen LogP contribution in [0.1, 0.15) is 16.7 Å². The van der Waals surface area contributed by atoms with Gasteiger partial charge in [0.05, 0.1) is 11.4 Å². The number of tetrazole rings is 1. The first-order valence-electron chi connectivity index (χ1n) is 11.0. The summed E-state index contributed by atoms with van der Waals surface area (Å²) in [6, 6.07) is 24.7. The van der Waals surface area contributed by atoms with Crippen LogP contribution >= 0.6 is 11.8 Å². The lowest BCUT2D eigenvalue weighted by Crippen LogP contribution is -2.49. The van der Waals surface area contributed by atoms with Crippen LogP contribution in [0, 0.1) is 6.92 Å². The first-order chi connectivity index (χ1) is 17.5. The Balaban J connectivity index is 1.35. The van der Waals surface area contributed by atoms with Crippen molar-refractivity contribution in [2.45, 2.75) is 17.6 Å². The van der Waals surface area contributed by atoms with Crippen molar-refractivity contribution in [2.75, 3.05) is 5.75 Å². The molecule has 0 saturated carbocycles. The Hall–Kier alpha value is -4.51. The van der Waals surface area contributed by atoms with E-state index < -0.39 is 23.4 Å². The van der Waals surface area contributed by atoms with Gasteiger partial charge in [-0.2, -0.15) is 9.69 Å². The molecular weight excluding hydrogens is 478 g/mol. The summed E-state index contributed by atoms with van der Waals surface area (Å²) in [5.41, 5.74) is 3.89. The third kappa shape index (κ3) is 4.09. The molecule has 2 heterocycles. The zero-order valence-corrected chi connectivity index (χ0v) is 20.0. The van der Waals surface area contributed by atoms with Crippen LogP contribution in [0.25, 0.3) is 5.69 Å². The van der Waals surface area contributed by atoms with E-state index in [0.717, 1.165) is 28.0 Å². The van der Waals surface area contributed by atoms with Crippen molar-refractivity contribution < 1.29 is 14.4 Å². The van der Waals surface area contributed by atoms with Crippen LogP contribution in [0.4, 0.5) is 4.79 Å². The molecule has 180 valence electrons. The van der Waals surface area contributed by atoms with Crippen LogP contribution in [-0.2, 0) is 15.1 Å². The Kier molecular flexibility index (Phi) is 6.21. The largest absolute Gasteiger partial charge is 0.344 e. The fourth-order valence-corrected chi connectivity index (χ4v) is 4.75. The number of amides is 4. The van der Waals surface area contributed by atoms with Gasteiger partial charge in [-0.15, -0.1) is 5.10 Å². The number of hydrogen-bond acceptors (Lipinski definition) is 7. The van der Waals surface area contributed by atoms with Crippen molar-refractivity contribution in [3.63, 3.8) is 0 Å². The van der Waals surface area contributed by atoms with Gasteiger partial charge in [0.15, 0.2) is 5.54 Å². The Labute approximate surface area is 210 Å². The second-order valence-corrected chi connectivity index (χ2v) is 8.98. The van der Waals surface area contributed by atoms with Crippen molar-refractivity contribution >= 4 is 29.6 Å². The minimum absolute atomic E-state index is 0.118. The number of hydrazine groups is 1. The molecule has 4 amide bonds. The van der Waals surface area contributed by atoms with Gasteiger partial charge in [-0.05, 0) is 40.1 Å². The van der Waals surface area contributed by atoms with E-state index in [1.807, 2.05) is 43.3 Å². The molecule has 1 aliphatic heterocycles. The molecule has 5 rings (SSSR count). The maximum absolute atomic E-state index is 13.7. The number of hydrogen-bond donors (Lipinski definition) is 2. The number of carbonyl (C=O) groups excluding carboxylic acids is 3. The number of nitrogens with zero attached hydrogens (tertiary/aromatic N) is 5. The standard InChI is InChI=1S/C25H21N7O3S/c1-17-10-8-9-15-20(17)31-24(27-29-30-31)36-16-21(33)28-32-22(34)25(26-23(32)35,18-11-4-2-5-12-18)19-13-6-3-7-14-19/h2-15H,16H2,1H3,(H,26,35)(H,28,33). The smallest absolute Gasteiger partial charge is 0.314 e. The highest BCUT2D eigenvalue weighted by Gasteiger charge is 2.54. The highest BCUT2D eigenvalue weighted by atomic mass is 32.2. The lowest BCUT2D eigenvalue weighted by molar-refractivity contribution is -0.137. The number of carbonyl (C=O) groups is 3. The SMILES string of the molecule is Cc1ccccc1-n1nnnc1SCC(=O)NN1C(=O)NC(c2ccccc2)(c2ccccc2)C1=O. The molecule has 2 N–H and O–H groups in total. The molecule has 0 spiro atoms. The maximum Gasteiger partial charge on any atom is 0.344 e. The van der Waals surface area contributed by atoms with E-state index >= 15 is 0 Å². The van der Waals surface area contributed by atoms with Crippen molar-refractivity contribution in [3.05, 3.63) is 102 Å². The molecular formula is C25H21N7O3S. The molecule has 3 aromatic carbocycles. The summed E-state index contributed by atoms with van der Waals surface area (Å²) in [5.74, 6) is -1.28. The first kappa shape index (κ1) is 23.2. The zero-order valence-electron chi connectivity index (χ0n) is 19.2. The zero-order chi connectivity index (χ0) is 25.1. The minimum atomic E-state index is -1.46. The van der Waals surface area contributed by atoms with E-state index in [4.69, 9.17) is 0 Å². The van der Waals surface area contributed by atoms with Crippen molar-refractivity contribution in [3.8, 4) is 5.69 Å². The molecule has 1 aromatic heterocycles. The van der Waals surface area contributed by atoms with Gasteiger partial charge in [0.1, 0.15) is 0 Å². The van der Waals surface area contributed by atoms with Gasteiger partial charge in [-0.1, -0.05) is 90.6 Å². The van der Waals surface area contributed by atoms with Crippen LogP contribution in [0.5, 0.6) is 0 Å². The number of para-hydroxylation sites is 1. The molecule has 0 bridgehead atoms. The molecule has 4 aromatic rings. The maximum atomic E-state index is 13.7. The Bertz CT molecular complexity index is 1390. The average molecular weight is 500 g/mol. The third-order valence-corrected chi connectivity index (χ3v) is 6.71. The van der Waals surface area contributed by atoms with Gasteiger partial charge < -0.3 is 5.32 Å². The van der Waals surface area contributed by atoms with Crippen LogP contribution in [0.2, 0.25) is 0 Å². The highest BCUT2D eigenvalue weighted by molar-refractivity contribution is 7.99. The summed E-state index contributed by atoms with van der Waals surface area (Å²) in [4.78, 5) is 39.4. The molecule has 1 aliphatic rings. The quantitative estimate of drug-likeness (QED) is 0.296. The normalized spacial score (nSPS) is 14.5. The third-order valence-electron chi connectivity index (χ3n) is 5.79. The van der Waals surface area contributed by atoms with Gasteiger partial charge in [0.25, 0.3) is 5.91 Å². The number of urea groups is 1. The van der Waals surface area contributed by atoms with E-state index in [1.54, 1.807) is 48.5 Å². The molecule has 0 atom stereocenters. The molecule has 0 radical (unpaired) electrons. The fraction of sp³-hybridized carbons (Fsp3) is 0.120. The summed E-state index contributed by atoms with van der Waals surface area (Å²) in [6.07, 6.45) is 0. The van der Waals surface area contributed by atoms with E-state index in [1.165, 1.54) is 4.68 Å². The second-order valence-electron chi connectivity index (χ2n) is 8.04. The summed E-state index contributed by atoms with van der Waals surface area (Å²) in [6.45, 7) is 1.93. The van der Waals surface area contributed by atoms with Crippen molar-refractivity contribution in [1.82, 2.24) is 36.0 Å². The van der Waals surface area contributed by atoms with Gasteiger partial charge in [0.2, 0.25) is 11.1 Å². The number of aryl methyl sites for hydroxylation is 1. The summed E-state index contributed by atoms with van der Waals surface area (Å²) in [5, 5.41) is 15.6. The monoisotopic (exact) mass is 499 g/mol. The van der Waals surface area contributed by atoms with Crippen molar-refractivity contribution in [2.24, 2.45) is 0 Å². The minimum Gasteiger partial charge on any atom is -0.314 e. The molecule has 36 heavy (non-hydrogen) atoms. The van der Waals surface area contributed by atoms with Gasteiger partial charge in [-0.3, -0.25) is 15.0 Å². The Morgan fingerprint density at radius 3 is 2.19 bits per heavy atom. The second kappa shape index (κ2) is 9.62. The number of thioether (sulfide) groups is 1. The molecule has 0 unspecified atom stereocenters. The number of imide groups is 1. The molecule has 1 fully saturated rings. The lowest BCUT2D eigenvalue weighted by atomic mass is 9.83. The number of aromatic nitrogens is 4. The molecule has 10 nitrogen and oxygen atoms in total. The molecule has 0 aliphatic carbocycles. The number of benzene rings is 3. The average Bonchev–Trinajstić information content (AvgIpc) is 3.47. The predicted molar refractivity (Wildman–Crippen MR) is 132 cm³/mol.